The largest absolute Gasteiger partial charge is 0.353 e. The van der Waals surface area contributed by atoms with E-state index in [0.29, 0.717) is 12.5 Å². The molecule has 0 unspecified atom stereocenters. The normalized spacial score (nSPS) is 21.6. The minimum atomic E-state index is 0.0807. The van der Waals surface area contributed by atoms with E-state index >= 15 is 0 Å². The third-order valence-electron chi connectivity index (χ3n) is 4.40. The van der Waals surface area contributed by atoms with Gasteiger partial charge in [0.2, 0.25) is 5.91 Å². The summed E-state index contributed by atoms with van der Waals surface area (Å²) >= 11 is 0. The van der Waals surface area contributed by atoms with Gasteiger partial charge in [0.05, 0.1) is 0 Å². The molecule has 1 saturated carbocycles. The molecule has 1 saturated heterocycles. The molecular weight excluding hydrogens is 254 g/mol. The third-order valence-corrected chi connectivity index (χ3v) is 4.40. The fourth-order valence-corrected chi connectivity index (χ4v) is 3.07. The van der Waals surface area contributed by atoms with E-state index in [4.69, 9.17) is 0 Å². The zero-order chi connectivity index (χ0) is 14.4. The molecule has 20 heavy (non-hydrogen) atoms. The first-order chi connectivity index (χ1) is 9.69. The Balaban J connectivity index is 1.69. The van der Waals surface area contributed by atoms with Crippen LogP contribution >= 0.6 is 0 Å². The quantitative estimate of drug-likeness (QED) is 0.831. The van der Waals surface area contributed by atoms with Gasteiger partial charge in [-0.15, -0.1) is 0 Å². The highest BCUT2D eigenvalue weighted by Crippen LogP contribution is 2.18. The molecule has 1 aliphatic heterocycles. The van der Waals surface area contributed by atoms with E-state index in [2.05, 4.69) is 10.6 Å². The minimum Gasteiger partial charge on any atom is -0.353 e. The van der Waals surface area contributed by atoms with Crippen molar-refractivity contribution in [1.82, 2.24) is 15.5 Å². The lowest BCUT2D eigenvalue weighted by atomic mass is 9.95. The molecule has 3 amide bonds. The SMILES string of the molecule is CCC(=O)NC1CCN(C(=O)NC2CCCCC2)CC1. The fraction of sp³-hybridized carbons (Fsp3) is 0.867. The second-order valence-electron chi connectivity index (χ2n) is 5.97. The van der Waals surface area contributed by atoms with Gasteiger partial charge in [0, 0.05) is 31.6 Å². The molecule has 0 radical (unpaired) electrons. The highest BCUT2D eigenvalue weighted by atomic mass is 16.2. The lowest BCUT2D eigenvalue weighted by molar-refractivity contribution is -0.121. The first-order valence-corrected chi connectivity index (χ1v) is 8.04. The van der Waals surface area contributed by atoms with Crippen LogP contribution in [0.5, 0.6) is 0 Å². The van der Waals surface area contributed by atoms with Gasteiger partial charge in [0.15, 0.2) is 0 Å². The number of carbonyl (C=O) groups is 2. The Labute approximate surface area is 121 Å². The van der Waals surface area contributed by atoms with Crippen LogP contribution in [0.3, 0.4) is 0 Å². The van der Waals surface area contributed by atoms with Crippen LogP contribution in [-0.2, 0) is 4.79 Å². The monoisotopic (exact) mass is 281 g/mol. The first kappa shape index (κ1) is 15.1. The van der Waals surface area contributed by atoms with Crippen LogP contribution in [0.15, 0.2) is 0 Å². The van der Waals surface area contributed by atoms with Gasteiger partial charge in [-0.05, 0) is 25.7 Å². The molecule has 2 rings (SSSR count). The Morgan fingerprint density at radius 1 is 0.950 bits per heavy atom. The first-order valence-electron chi connectivity index (χ1n) is 8.04. The number of piperidine rings is 1. The minimum absolute atomic E-state index is 0.0807. The molecule has 0 bridgehead atoms. The lowest BCUT2D eigenvalue weighted by Gasteiger charge is -2.34. The number of hydrogen-bond donors (Lipinski definition) is 2. The second-order valence-corrected chi connectivity index (χ2v) is 5.97. The van der Waals surface area contributed by atoms with E-state index in [9.17, 15) is 9.59 Å². The molecule has 5 nitrogen and oxygen atoms in total. The van der Waals surface area contributed by atoms with E-state index in [0.717, 1.165) is 38.8 Å². The van der Waals surface area contributed by atoms with Crippen LogP contribution in [-0.4, -0.2) is 42.0 Å². The summed E-state index contributed by atoms with van der Waals surface area (Å²) in [5.41, 5.74) is 0. The van der Waals surface area contributed by atoms with Gasteiger partial charge in [0.1, 0.15) is 0 Å². The molecule has 0 aromatic carbocycles. The molecular formula is C15H27N3O2. The van der Waals surface area contributed by atoms with Gasteiger partial charge in [-0.25, -0.2) is 4.79 Å². The number of amides is 3. The molecule has 2 fully saturated rings. The van der Waals surface area contributed by atoms with Crippen molar-refractivity contribution in [1.29, 1.82) is 0 Å². The maximum atomic E-state index is 12.2. The molecule has 0 spiro atoms. The van der Waals surface area contributed by atoms with Crippen molar-refractivity contribution >= 4 is 11.9 Å². The van der Waals surface area contributed by atoms with Crippen molar-refractivity contribution in [2.75, 3.05) is 13.1 Å². The maximum absolute atomic E-state index is 12.2. The summed E-state index contributed by atoms with van der Waals surface area (Å²) in [7, 11) is 0. The van der Waals surface area contributed by atoms with Gasteiger partial charge in [-0.3, -0.25) is 4.79 Å². The molecule has 2 aliphatic rings. The average Bonchev–Trinajstić information content (AvgIpc) is 2.49. The van der Waals surface area contributed by atoms with Gasteiger partial charge < -0.3 is 15.5 Å². The van der Waals surface area contributed by atoms with Crippen LogP contribution in [0, 0.1) is 0 Å². The van der Waals surface area contributed by atoms with E-state index in [1.807, 2.05) is 11.8 Å². The molecule has 0 aromatic rings. The van der Waals surface area contributed by atoms with Crippen molar-refractivity contribution in [2.24, 2.45) is 0 Å². The van der Waals surface area contributed by atoms with Crippen LogP contribution in [0.1, 0.15) is 58.3 Å². The smallest absolute Gasteiger partial charge is 0.317 e. The predicted molar refractivity (Wildman–Crippen MR) is 78.4 cm³/mol. The molecule has 0 aromatic heterocycles. The summed E-state index contributed by atoms with van der Waals surface area (Å²) < 4.78 is 0. The summed E-state index contributed by atoms with van der Waals surface area (Å²) in [4.78, 5) is 25.4. The summed E-state index contributed by atoms with van der Waals surface area (Å²) in [6, 6.07) is 0.687. The van der Waals surface area contributed by atoms with Crippen LogP contribution in [0.25, 0.3) is 0 Å². The number of likely N-dealkylation sites (tertiary alicyclic amines) is 1. The third kappa shape index (κ3) is 4.39. The predicted octanol–water partition coefficient (Wildman–Crippen LogP) is 2.02. The average molecular weight is 281 g/mol. The van der Waals surface area contributed by atoms with Gasteiger partial charge in [-0.1, -0.05) is 26.2 Å². The fourth-order valence-electron chi connectivity index (χ4n) is 3.07. The lowest BCUT2D eigenvalue weighted by Crippen LogP contribution is -2.51. The van der Waals surface area contributed by atoms with Crippen molar-refractivity contribution in [3.63, 3.8) is 0 Å². The van der Waals surface area contributed by atoms with E-state index in [1.54, 1.807) is 0 Å². The highest BCUT2D eigenvalue weighted by molar-refractivity contribution is 5.76. The molecule has 5 heteroatoms. The zero-order valence-electron chi connectivity index (χ0n) is 12.5. The number of hydrogen-bond acceptors (Lipinski definition) is 2. The summed E-state index contributed by atoms with van der Waals surface area (Å²) in [6.45, 7) is 3.35. The Hall–Kier alpha value is -1.26. The number of nitrogens with one attached hydrogen (secondary N) is 2. The van der Waals surface area contributed by atoms with E-state index in [-0.39, 0.29) is 18.0 Å². The zero-order valence-corrected chi connectivity index (χ0v) is 12.5. The number of carbonyl (C=O) groups excluding carboxylic acids is 2. The Bertz CT molecular complexity index is 332. The van der Waals surface area contributed by atoms with E-state index < -0.39 is 0 Å². The summed E-state index contributed by atoms with van der Waals surface area (Å²) in [6.07, 6.45) is 8.26. The van der Waals surface area contributed by atoms with Crippen molar-refractivity contribution in [2.45, 2.75) is 70.4 Å². The van der Waals surface area contributed by atoms with Crippen LogP contribution < -0.4 is 10.6 Å². The van der Waals surface area contributed by atoms with E-state index in [1.165, 1.54) is 19.3 Å². The summed E-state index contributed by atoms with van der Waals surface area (Å²) in [5.74, 6) is 0.107. The van der Waals surface area contributed by atoms with Crippen LogP contribution in [0.4, 0.5) is 4.79 Å². The Kier molecular flexibility index (Phi) is 5.68. The Morgan fingerprint density at radius 2 is 1.55 bits per heavy atom. The van der Waals surface area contributed by atoms with Crippen LogP contribution in [0.2, 0.25) is 0 Å². The van der Waals surface area contributed by atoms with Gasteiger partial charge >= 0.3 is 6.03 Å². The molecule has 114 valence electrons. The highest BCUT2D eigenvalue weighted by Gasteiger charge is 2.25. The number of nitrogens with zero attached hydrogens (tertiary/aromatic N) is 1. The topological polar surface area (TPSA) is 61.4 Å². The van der Waals surface area contributed by atoms with Gasteiger partial charge in [0.25, 0.3) is 0 Å². The van der Waals surface area contributed by atoms with Crippen molar-refractivity contribution in [3.8, 4) is 0 Å². The molecule has 1 heterocycles. The molecule has 1 aliphatic carbocycles. The molecule has 2 N–H and O–H groups in total. The maximum Gasteiger partial charge on any atom is 0.317 e. The number of urea groups is 1. The second kappa shape index (κ2) is 7.50. The van der Waals surface area contributed by atoms with Crippen molar-refractivity contribution in [3.05, 3.63) is 0 Å². The standard InChI is InChI=1S/C15H27N3O2/c1-2-14(19)16-13-8-10-18(11-9-13)15(20)17-12-6-4-3-5-7-12/h12-13H,2-11H2,1H3,(H,16,19)(H,17,20). The summed E-state index contributed by atoms with van der Waals surface area (Å²) in [5, 5.41) is 6.17. The van der Waals surface area contributed by atoms with Gasteiger partial charge in [-0.2, -0.15) is 0 Å². The Morgan fingerprint density at radius 3 is 2.15 bits per heavy atom. The van der Waals surface area contributed by atoms with Crippen molar-refractivity contribution < 1.29 is 9.59 Å². The number of rotatable bonds is 3. The molecule has 0 atom stereocenters.